The third-order valence-corrected chi connectivity index (χ3v) is 8.66. The molecule has 33 heavy (non-hydrogen) atoms. The number of urea groups is 1. The molecular weight excluding hydrogens is 460 g/mol. The molecule has 1 atom stereocenters. The van der Waals surface area contributed by atoms with Gasteiger partial charge in [-0.2, -0.15) is 0 Å². The molecule has 8 nitrogen and oxygen atoms in total. The molecule has 0 radical (unpaired) electrons. The first kappa shape index (κ1) is 24.2. The summed E-state index contributed by atoms with van der Waals surface area (Å²) in [6.07, 6.45) is 10.9. The summed E-state index contributed by atoms with van der Waals surface area (Å²) < 4.78 is 24.5. The van der Waals surface area contributed by atoms with Crippen LogP contribution in [-0.4, -0.2) is 69.1 Å². The standard InChI is InChI=1S/C23H34N4O4S2/c1-33(30,31)25-11-10-24-23(29)26-13-8-18(9-14-26)21-15-19(16-32-21)22(28)27-12-4-6-17-5-2-3-7-20(17)27/h7,15-18,25H,2-6,8-14H2,1H3,(H,24,29). The Bertz CT molecular complexity index is 996. The van der Waals surface area contributed by atoms with Gasteiger partial charge in [-0.1, -0.05) is 6.08 Å². The Balaban J connectivity index is 1.28. The first-order chi connectivity index (χ1) is 15.8. The van der Waals surface area contributed by atoms with Crippen molar-refractivity contribution in [1.82, 2.24) is 19.8 Å². The zero-order valence-electron chi connectivity index (χ0n) is 19.2. The van der Waals surface area contributed by atoms with E-state index in [1.807, 2.05) is 10.3 Å². The molecule has 1 aliphatic carbocycles. The van der Waals surface area contributed by atoms with Crippen molar-refractivity contribution >= 4 is 33.3 Å². The van der Waals surface area contributed by atoms with E-state index in [0.717, 1.165) is 44.0 Å². The Morgan fingerprint density at radius 2 is 1.82 bits per heavy atom. The van der Waals surface area contributed by atoms with Crippen LogP contribution in [-0.2, 0) is 10.0 Å². The lowest BCUT2D eigenvalue weighted by Crippen LogP contribution is -2.46. The second kappa shape index (κ2) is 10.6. The van der Waals surface area contributed by atoms with Crippen molar-refractivity contribution in [2.45, 2.75) is 50.9 Å². The number of piperidine rings is 2. The van der Waals surface area contributed by atoms with E-state index in [9.17, 15) is 18.0 Å². The molecule has 182 valence electrons. The number of nitrogens with one attached hydrogen (secondary N) is 2. The Kier molecular flexibility index (Phi) is 7.76. The van der Waals surface area contributed by atoms with Crippen LogP contribution in [0.3, 0.4) is 0 Å². The summed E-state index contributed by atoms with van der Waals surface area (Å²) in [4.78, 5) is 30.6. The molecule has 10 heteroatoms. The van der Waals surface area contributed by atoms with Gasteiger partial charge in [0.25, 0.3) is 5.91 Å². The molecule has 2 aliphatic heterocycles. The lowest BCUT2D eigenvalue weighted by atomic mass is 9.84. The van der Waals surface area contributed by atoms with Gasteiger partial charge < -0.3 is 15.1 Å². The van der Waals surface area contributed by atoms with Crippen LogP contribution in [0.15, 0.2) is 23.2 Å². The van der Waals surface area contributed by atoms with Crippen molar-refractivity contribution in [3.63, 3.8) is 0 Å². The van der Waals surface area contributed by atoms with Crippen LogP contribution in [0.2, 0.25) is 0 Å². The monoisotopic (exact) mass is 494 g/mol. The average molecular weight is 495 g/mol. The number of fused-ring (bicyclic) bond motifs is 1. The molecule has 1 aromatic heterocycles. The van der Waals surface area contributed by atoms with Crippen LogP contribution >= 0.6 is 11.3 Å². The molecule has 3 amide bonds. The lowest BCUT2D eigenvalue weighted by Gasteiger charge is -2.37. The second-order valence-electron chi connectivity index (χ2n) is 9.25. The molecule has 0 bridgehead atoms. The number of hydrogen-bond acceptors (Lipinski definition) is 5. The Morgan fingerprint density at radius 1 is 1.06 bits per heavy atom. The van der Waals surface area contributed by atoms with Gasteiger partial charge in [0.05, 0.1) is 11.8 Å². The van der Waals surface area contributed by atoms with Crippen LogP contribution in [0.1, 0.15) is 66.1 Å². The smallest absolute Gasteiger partial charge is 0.317 e. The molecule has 4 rings (SSSR count). The summed E-state index contributed by atoms with van der Waals surface area (Å²) in [5, 5.41) is 4.76. The summed E-state index contributed by atoms with van der Waals surface area (Å²) in [6, 6.07) is 1.91. The Morgan fingerprint density at radius 3 is 2.58 bits per heavy atom. The number of rotatable bonds is 6. The van der Waals surface area contributed by atoms with Gasteiger partial charge in [0.15, 0.2) is 0 Å². The largest absolute Gasteiger partial charge is 0.337 e. The Labute approximate surface area is 200 Å². The number of allylic oxidation sites excluding steroid dienone is 2. The van der Waals surface area contributed by atoms with Crippen molar-refractivity contribution in [2.75, 3.05) is 39.0 Å². The SMILES string of the molecule is CS(=O)(=O)NCCNC(=O)N1CCC(c2cc(C(=O)N3CCCC4CCCC=C43)cs2)CC1. The van der Waals surface area contributed by atoms with Gasteiger partial charge in [-0.25, -0.2) is 17.9 Å². The summed E-state index contributed by atoms with van der Waals surface area (Å²) in [7, 11) is -3.25. The number of amides is 3. The fraction of sp³-hybridized carbons (Fsp3) is 0.652. The van der Waals surface area contributed by atoms with Crippen molar-refractivity contribution in [1.29, 1.82) is 0 Å². The minimum Gasteiger partial charge on any atom is -0.337 e. The van der Waals surface area contributed by atoms with E-state index in [4.69, 9.17) is 0 Å². The highest BCUT2D eigenvalue weighted by atomic mass is 32.2. The Hall–Kier alpha value is -1.91. The summed E-state index contributed by atoms with van der Waals surface area (Å²) in [5.41, 5.74) is 2.04. The van der Waals surface area contributed by atoms with Gasteiger partial charge >= 0.3 is 6.03 Å². The van der Waals surface area contributed by atoms with Crippen LogP contribution in [0.25, 0.3) is 0 Å². The third-order valence-electron chi connectivity index (χ3n) is 6.84. The zero-order chi connectivity index (χ0) is 23.4. The highest BCUT2D eigenvalue weighted by molar-refractivity contribution is 7.88. The number of thiophene rings is 1. The first-order valence-corrected chi connectivity index (χ1v) is 14.7. The van der Waals surface area contributed by atoms with Crippen LogP contribution < -0.4 is 10.0 Å². The molecule has 3 heterocycles. The first-order valence-electron chi connectivity index (χ1n) is 11.9. The predicted octanol–water partition coefficient (Wildman–Crippen LogP) is 3.11. The highest BCUT2D eigenvalue weighted by Gasteiger charge is 2.32. The minimum absolute atomic E-state index is 0.134. The normalized spacial score (nSPS) is 22.0. The van der Waals surface area contributed by atoms with Gasteiger partial charge in [-0.3, -0.25) is 4.79 Å². The highest BCUT2D eigenvalue weighted by Crippen LogP contribution is 2.37. The van der Waals surface area contributed by atoms with Gasteiger partial charge in [-0.15, -0.1) is 11.3 Å². The van der Waals surface area contributed by atoms with Gasteiger partial charge in [0.1, 0.15) is 0 Å². The van der Waals surface area contributed by atoms with Crippen molar-refractivity contribution in [3.8, 4) is 0 Å². The van der Waals surface area contributed by atoms with Gasteiger partial charge in [0, 0.05) is 48.7 Å². The molecule has 2 fully saturated rings. The lowest BCUT2D eigenvalue weighted by molar-refractivity contribution is 0.0749. The number of carbonyl (C=O) groups excluding carboxylic acids is 2. The molecule has 0 saturated carbocycles. The molecule has 3 aliphatic rings. The molecule has 2 N–H and O–H groups in total. The van der Waals surface area contributed by atoms with Crippen LogP contribution in [0, 0.1) is 5.92 Å². The van der Waals surface area contributed by atoms with E-state index in [1.54, 1.807) is 16.2 Å². The van der Waals surface area contributed by atoms with Gasteiger partial charge in [0.2, 0.25) is 10.0 Å². The van der Waals surface area contributed by atoms with E-state index < -0.39 is 10.0 Å². The maximum absolute atomic E-state index is 13.3. The number of likely N-dealkylation sites (tertiary alicyclic amines) is 2. The number of carbonyl (C=O) groups is 2. The molecule has 0 aromatic carbocycles. The minimum atomic E-state index is -3.25. The van der Waals surface area contributed by atoms with E-state index in [0.29, 0.717) is 24.9 Å². The van der Waals surface area contributed by atoms with Crippen LogP contribution in [0.4, 0.5) is 4.79 Å². The second-order valence-corrected chi connectivity index (χ2v) is 12.0. The van der Waals surface area contributed by atoms with E-state index >= 15 is 0 Å². The van der Waals surface area contributed by atoms with Crippen molar-refractivity contribution in [2.24, 2.45) is 5.92 Å². The number of sulfonamides is 1. The number of hydrogen-bond donors (Lipinski definition) is 2. The van der Waals surface area contributed by atoms with Crippen molar-refractivity contribution in [3.05, 3.63) is 33.7 Å². The van der Waals surface area contributed by atoms with Crippen LogP contribution in [0.5, 0.6) is 0 Å². The molecule has 2 saturated heterocycles. The fourth-order valence-electron chi connectivity index (χ4n) is 5.11. The van der Waals surface area contributed by atoms with E-state index in [1.165, 1.54) is 29.8 Å². The molecule has 1 unspecified atom stereocenters. The zero-order valence-corrected chi connectivity index (χ0v) is 20.8. The summed E-state index contributed by atoms with van der Waals surface area (Å²) in [6.45, 7) is 2.56. The van der Waals surface area contributed by atoms with Crippen molar-refractivity contribution < 1.29 is 18.0 Å². The number of nitrogens with zero attached hydrogens (tertiary/aromatic N) is 2. The van der Waals surface area contributed by atoms with Gasteiger partial charge in [-0.05, 0) is 62.8 Å². The summed E-state index contributed by atoms with van der Waals surface area (Å²) >= 11 is 1.66. The maximum atomic E-state index is 13.3. The maximum Gasteiger partial charge on any atom is 0.317 e. The van der Waals surface area contributed by atoms with E-state index in [-0.39, 0.29) is 25.0 Å². The quantitative estimate of drug-likeness (QED) is 0.594. The molecule has 0 spiro atoms. The fourth-order valence-corrected chi connectivity index (χ4v) is 6.64. The molecular formula is C23H34N4O4S2. The van der Waals surface area contributed by atoms with E-state index in [2.05, 4.69) is 22.2 Å². The molecule has 1 aromatic rings. The predicted molar refractivity (Wildman–Crippen MR) is 130 cm³/mol. The third kappa shape index (κ3) is 6.16. The topological polar surface area (TPSA) is 98.8 Å². The average Bonchev–Trinajstić information content (AvgIpc) is 3.31. The summed E-state index contributed by atoms with van der Waals surface area (Å²) in [5.74, 6) is 1.04.